The normalized spacial score (nSPS) is 10.0. The van der Waals surface area contributed by atoms with E-state index >= 15 is 0 Å². The van der Waals surface area contributed by atoms with Crippen LogP contribution in [-0.4, -0.2) is 26.4 Å². The highest BCUT2D eigenvalue weighted by Crippen LogP contribution is 2.33. The first kappa shape index (κ1) is 13.2. The lowest BCUT2D eigenvalue weighted by molar-refractivity contribution is 0.0597. The molecule has 0 fully saturated rings. The molecule has 1 aromatic rings. The zero-order valence-electron chi connectivity index (χ0n) is 9.37. The van der Waals surface area contributed by atoms with Gasteiger partial charge in [-0.1, -0.05) is 11.6 Å². The molecule has 0 aliphatic rings. The van der Waals surface area contributed by atoms with Crippen LogP contribution in [0.25, 0.3) is 0 Å². The van der Waals surface area contributed by atoms with Crippen LogP contribution in [-0.2, 0) is 10.5 Å². The van der Waals surface area contributed by atoms with Gasteiger partial charge in [0.1, 0.15) is 11.3 Å². The van der Waals surface area contributed by atoms with Gasteiger partial charge in [0, 0.05) is 16.3 Å². The van der Waals surface area contributed by atoms with Crippen LogP contribution >= 0.6 is 23.4 Å². The van der Waals surface area contributed by atoms with Gasteiger partial charge in [0.25, 0.3) is 0 Å². The second kappa shape index (κ2) is 6.01. The molecule has 0 bridgehead atoms. The molecule has 3 nitrogen and oxygen atoms in total. The first-order valence-corrected chi connectivity index (χ1v) is 6.35. The van der Waals surface area contributed by atoms with Crippen LogP contribution in [0.1, 0.15) is 15.9 Å². The van der Waals surface area contributed by atoms with Gasteiger partial charge in [0.2, 0.25) is 0 Å². The molecule has 0 spiro atoms. The summed E-state index contributed by atoms with van der Waals surface area (Å²) >= 11 is 7.67. The Morgan fingerprint density at radius 1 is 1.44 bits per heavy atom. The van der Waals surface area contributed by atoms with Crippen LogP contribution in [0.15, 0.2) is 12.1 Å². The molecular formula is C11H13ClO3S. The van der Waals surface area contributed by atoms with E-state index in [9.17, 15) is 4.79 Å². The maximum absolute atomic E-state index is 11.5. The third kappa shape index (κ3) is 2.62. The van der Waals surface area contributed by atoms with Crippen molar-refractivity contribution in [2.45, 2.75) is 5.75 Å². The van der Waals surface area contributed by atoms with Crippen LogP contribution in [0.5, 0.6) is 5.75 Å². The van der Waals surface area contributed by atoms with E-state index in [4.69, 9.17) is 16.3 Å². The number of ether oxygens (including phenoxy) is 2. The monoisotopic (exact) mass is 260 g/mol. The number of carbonyl (C=O) groups is 1. The summed E-state index contributed by atoms with van der Waals surface area (Å²) in [4.78, 5) is 11.5. The molecule has 0 unspecified atom stereocenters. The zero-order chi connectivity index (χ0) is 12.1. The van der Waals surface area contributed by atoms with E-state index in [1.54, 1.807) is 23.9 Å². The van der Waals surface area contributed by atoms with E-state index < -0.39 is 5.97 Å². The summed E-state index contributed by atoms with van der Waals surface area (Å²) in [7, 11) is 2.85. The van der Waals surface area contributed by atoms with E-state index in [-0.39, 0.29) is 0 Å². The third-order valence-corrected chi connectivity index (χ3v) is 3.03. The molecule has 16 heavy (non-hydrogen) atoms. The average molecular weight is 261 g/mol. The second-order valence-corrected chi connectivity index (χ2v) is 4.30. The smallest absolute Gasteiger partial charge is 0.341 e. The van der Waals surface area contributed by atoms with Crippen LogP contribution in [0.4, 0.5) is 0 Å². The van der Waals surface area contributed by atoms with Crippen molar-refractivity contribution in [3.8, 4) is 5.75 Å². The van der Waals surface area contributed by atoms with E-state index in [1.165, 1.54) is 14.2 Å². The van der Waals surface area contributed by atoms with E-state index in [2.05, 4.69) is 4.74 Å². The van der Waals surface area contributed by atoms with E-state index in [0.717, 1.165) is 5.56 Å². The zero-order valence-corrected chi connectivity index (χ0v) is 10.9. The molecule has 0 amide bonds. The van der Waals surface area contributed by atoms with Crippen molar-refractivity contribution < 1.29 is 14.3 Å². The van der Waals surface area contributed by atoms with Gasteiger partial charge in [0.05, 0.1) is 14.2 Å². The fourth-order valence-corrected chi connectivity index (χ4v) is 2.26. The minimum Gasteiger partial charge on any atom is -0.495 e. The van der Waals surface area contributed by atoms with Gasteiger partial charge in [-0.15, -0.1) is 0 Å². The van der Waals surface area contributed by atoms with Crippen molar-refractivity contribution in [3.63, 3.8) is 0 Å². The topological polar surface area (TPSA) is 35.5 Å². The molecule has 0 aromatic heterocycles. The van der Waals surface area contributed by atoms with Crippen LogP contribution < -0.4 is 4.74 Å². The molecule has 0 saturated carbocycles. The van der Waals surface area contributed by atoms with Gasteiger partial charge >= 0.3 is 5.97 Å². The maximum Gasteiger partial charge on any atom is 0.341 e. The number of methoxy groups -OCH3 is 2. The third-order valence-electron chi connectivity index (χ3n) is 2.10. The van der Waals surface area contributed by atoms with Crippen molar-refractivity contribution in [2.75, 3.05) is 20.5 Å². The Labute approximate surface area is 104 Å². The number of carbonyl (C=O) groups excluding carboxylic acids is 1. The summed E-state index contributed by atoms with van der Waals surface area (Å²) in [5.41, 5.74) is 1.22. The van der Waals surface area contributed by atoms with E-state index in [1.807, 2.05) is 6.26 Å². The molecule has 1 rings (SSSR count). The van der Waals surface area contributed by atoms with Crippen molar-refractivity contribution in [1.29, 1.82) is 0 Å². The molecule has 88 valence electrons. The van der Waals surface area contributed by atoms with Gasteiger partial charge in [0.15, 0.2) is 0 Å². The Morgan fingerprint density at radius 3 is 2.62 bits per heavy atom. The first-order chi connectivity index (χ1) is 7.65. The molecule has 0 heterocycles. The predicted octanol–water partition coefficient (Wildman–Crippen LogP) is 3.00. The average Bonchev–Trinajstić information content (AvgIpc) is 2.30. The number of thioether (sulfide) groups is 1. The fraction of sp³-hybridized carbons (Fsp3) is 0.364. The Kier molecular flexibility index (Phi) is 4.96. The Hall–Kier alpha value is -0.870. The van der Waals surface area contributed by atoms with E-state index in [0.29, 0.717) is 22.1 Å². The maximum atomic E-state index is 11.5. The lowest BCUT2D eigenvalue weighted by Gasteiger charge is -2.13. The van der Waals surface area contributed by atoms with Gasteiger partial charge in [-0.2, -0.15) is 11.8 Å². The lowest BCUT2D eigenvalue weighted by atomic mass is 10.1. The standard InChI is InChI=1S/C11H13ClO3S/c1-14-10-7(11(13)15-2)4-5-9(12)8(10)6-16-3/h4-5H,6H2,1-3H3. The molecule has 0 atom stereocenters. The summed E-state index contributed by atoms with van der Waals surface area (Å²) in [6.45, 7) is 0. The molecule has 0 saturated heterocycles. The quantitative estimate of drug-likeness (QED) is 0.780. The second-order valence-electron chi connectivity index (χ2n) is 3.03. The van der Waals surface area contributed by atoms with Gasteiger partial charge in [-0.3, -0.25) is 0 Å². The summed E-state index contributed by atoms with van der Waals surface area (Å²) in [6.07, 6.45) is 1.96. The molecular weight excluding hydrogens is 248 g/mol. The van der Waals surface area contributed by atoms with Gasteiger partial charge in [-0.05, 0) is 18.4 Å². The largest absolute Gasteiger partial charge is 0.495 e. The number of esters is 1. The van der Waals surface area contributed by atoms with Crippen molar-refractivity contribution >= 4 is 29.3 Å². The first-order valence-electron chi connectivity index (χ1n) is 4.58. The Bertz CT molecular complexity index is 393. The van der Waals surface area contributed by atoms with Crippen molar-refractivity contribution in [2.24, 2.45) is 0 Å². The summed E-state index contributed by atoms with van der Waals surface area (Å²) < 4.78 is 9.92. The van der Waals surface area contributed by atoms with Crippen LogP contribution in [0, 0.1) is 0 Å². The summed E-state index contributed by atoms with van der Waals surface area (Å²) in [6, 6.07) is 3.29. The van der Waals surface area contributed by atoms with Crippen LogP contribution in [0.2, 0.25) is 5.02 Å². The Balaban J connectivity index is 3.30. The molecule has 1 aromatic carbocycles. The van der Waals surface area contributed by atoms with Crippen LogP contribution in [0.3, 0.4) is 0 Å². The number of halogens is 1. The number of benzene rings is 1. The predicted molar refractivity (Wildman–Crippen MR) is 66.6 cm³/mol. The van der Waals surface area contributed by atoms with Gasteiger partial charge < -0.3 is 9.47 Å². The molecule has 5 heteroatoms. The minimum atomic E-state index is -0.420. The van der Waals surface area contributed by atoms with Crippen molar-refractivity contribution in [1.82, 2.24) is 0 Å². The van der Waals surface area contributed by atoms with Crippen molar-refractivity contribution in [3.05, 3.63) is 28.3 Å². The highest BCUT2D eigenvalue weighted by atomic mass is 35.5. The molecule has 0 aliphatic carbocycles. The molecule has 0 N–H and O–H groups in total. The molecule has 0 aliphatic heterocycles. The highest BCUT2D eigenvalue weighted by Gasteiger charge is 2.18. The SMILES string of the molecule is COC(=O)c1ccc(Cl)c(CSC)c1OC. The summed E-state index contributed by atoms with van der Waals surface area (Å²) in [5, 5.41) is 0.596. The lowest BCUT2D eigenvalue weighted by Crippen LogP contribution is -2.06. The fourth-order valence-electron chi connectivity index (χ4n) is 1.39. The molecule has 0 radical (unpaired) electrons. The van der Waals surface area contributed by atoms with Gasteiger partial charge in [-0.25, -0.2) is 4.79 Å². The number of hydrogen-bond acceptors (Lipinski definition) is 4. The Morgan fingerprint density at radius 2 is 2.12 bits per heavy atom. The summed E-state index contributed by atoms with van der Waals surface area (Å²) in [5.74, 6) is 0.761. The number of rotatable bonds is 4. The highest BCUT2D eigenvalue weighted by molar-refractivity contribution is 7.97. The minimum absolute atomic E-state index is 0.401. The number of hydrogen-bond donors (Lipinski definition) is 0.